The van der Waals surface area contributed by atoms with Crippen molar-refractivity contribution >= 4 is 29.1 Å². The molecule has 3 rings (SSSR count). The number of anilines is 1. The molecule has 118 valence electrons. The number of hydrogen-bond donors (Lipinski definition) is 1. The van der Waals surface area contributed by atoms with Crippen LogP contribution in [-0.4, -0.2) is 25.5 Å². The lowest BCUT2D eigenvalue weighted by Crippen LogP contribution is -2.05. The first-order valence-corrected chi connectivity index (χ1v) is 8.15. The van der Waals surface area contributed by atoms with Crippen LogP contribution in [0.3, 0.4) is 0 Å². The lowest BCUT2D eigenvalue weighted by molar-refractivity contribution is -0.114. The summed E-state index contributed by atoms with van der Waals surface area (Å²) in [6.45, 7) is 5.60. The van der Waals surface area contributed by atoms with Gasteiger partial charge in [0.2, 0.25) is 5.91 Å². The Bertz CT molecular complexity index is 857. The summed E-state index contributed by atoms with van der Waals surface area (Å²) in [6, 6.07) is 7.74. The van der Waals surface area contributed by atoms with Gasteiger partial charge in [0.15, 0.2) is 0 Å². The van der Waals surface area contributed by atoms with Crippen molar-refractivity contribution in [1.29, 1.82) is 0 Å². The quantitative estimate of drug-likeness (QED) is 0.746. The molecule has 0 saturated heterocycles. The van der Waals surface area contributed by atoms with Gasteiger partial charge >= 0.3 is 0 Å². The largest absolute Gasteiger partial charge is 0.326 e. The zero-order valence-electron chi connectivity index (χ0n) is 13.2. The predicted molar refractivity (Wildman–Crippen MR) is 89.8 cm³/mol. The van der Waals surface area contributed by atoms with Gasteiger partial charge in [0.1, 0.15) is 11.4 Å². The molecule has 7 heteroatoms. The molecule has 1 amide bonds. The summed E-state index contributed by atoms with van der Waals surface area (Å²) in [7, 11) is 0. The smallest absolute Gasteiger partial charge is 0.253 e. The average Bonchev–Trinajstić information content (AvgIpc) is 2.97. The van der Waals surface area contributed by atoms with Gasteiger partial charge in [-0.15, -0.1) is 0 Å². The molecule has 23 heavy (non-hydrogen) atoms. The van der Waals surface area contributed by atoms with Gasteiger partial charge in [-0.3, -0.25) is 4.79 Å². The Balaban J connectivity index is 1.97. The van der Waals surface area contributed by atoms with E-state index >= 15 is 0 Å². The molecule has 2 heterocycles. The summed E-state index contributed by atoms with van der Waals surface area (Å²) in [4.78, 5) is 20.8. The number of rotatable bonds is 4. The second kappa shape index (κ2) is 6.37. The number of carbonyl (C=O) groups is 1. The molecule has 1 aromatic carbocycles. The molecule has 0 saturated carbocycles. The lowest BCUT2D eigenvalue weighted by atomic mass is 10.2. The summed E-state index contributed by atoms with van der Waals surface area (Å²) in [5.41, 5.74) is 2.93. The molecule has 1 N–H and O–H groups in total. The summed E-state index contributed by atoms with van der Waals surface area (Å²) in [5.74, 6) is 0.532. The minimum atomic E-state index is -0.0762. The number of amides is 1. The predicted octanol–water partition coefficient (Wildman–Crippen LogP) is 3.10. The highest BCUT2D eigenvalue weighted by Gasteiger charge is 2.14. The molecule has 0 atom stereocenters. The van der Waals surface area contributed by atoms with Gasteiger partial charge in [0, 0.05) is 28.8 Å². The normalized spacial score (nSPS) is 10.9. The van der Waals surface area contributed by atoms with Gasteiger partial charge in [-0.05, 0) is 37.6 Å². The Hall–Kier alpha value is -2.41. The van der Waals surface area contributed by atoms with Crippen LogP contribution in [0.4, 0.5) is 5.69 Å². The first-order chi connectivity index (χ1) is 11.1. The minimum absolute atomic E-state index is 0.0762. The Morgan fingerprint density at radius 2 is 2.04 bits per heavy atom. The van der Waals surface area contributed by atoms with Crippen LogP contribution in [-0.2, 0) is 11.2 Å². The molecular formula is C16H17N5OS. The molecule has 0 radical (unpaired) electrons. The average molecular weight is 327 g/mol. The fourth-order valence-electron chi connectivity index (χ4n) is 2.39. The Labute approximate surface area is 138 Å². The maximum Gasteiger partial charge on any atom is 0.253 e. The van der Waals surface area contributed by atoms with Crippen LogP contribution in [0.15, 0.2) is 40.5 Å². The van der Waals surface area contributed by atoms with Gasteiger partial charge in [-0.2, -0.15) is 14.6 Å². The van der Waals surface area contributed by atoms with Crippen molar-refractivity contribution in [2.24, 2.45) is 0 Å². The summed E-state index contributed by atoms with van der Waals surface area (Å²) in [5, 5.41) is 8.08. The Morgan fingerprint density at radius 1 is 1.30 bits per heavy atom. The molecule has 6 nitrogen and oxygen atoms in total. The number of fused-ring (bicyclic) bond motifs is 1. The zero-order chi connectivity index (χ0) is 16.4. The third-order valence-electron chi connectivity index (χ3n) is 3.43. The Kier molecular flexibility index (Phi) is 4.29. The summed E-state index contributed by atoms with van der Waals surface area (Å²) >= 11 is 1.62. The van der Waals surface area contributed by atoms with Crippen LogP contribution >= 0.6 is 11.8 Å². The van der Waals surface area contributed by atoms with Gasteiger partial charge in [0.25, 0.3) is 5.78 Å². The number of aryl methyl sites for hydroxylation is 1. The van der Waals surface area contributed by atoms with Crippen molar-refractivity contribution in [1.82, 2.24) is 19.6 Å². The number of hydrogen-bond acceptors (Lipinski definition) is 5. The fraction of sp³-hybridized carbons (Fsp3) is 0.250. The highest BCUT2D eigenvalue weighted by Crippen LogP contribution is 2.32. The first kappa shape index (κ1) is 15.5. The fourth-order valence-corrected chi connectivity index (χ4v) is 3.51. The monoisotopic (exact) mass is 327 g/mol. The van der Waals surface area contributed by atoms with Crippen LogP contribution in [0.2, 0.25) is 0 Å². The molecule has 0 aliphatic heterocycles. The van der Waals surface area contributed by atoms with E-state index in [1.807, 2.05) is 31.2 Å². The van der Waals surface area contributed by atoms with Crippen molar-refractivity contribution in [3.63, 3.8) is 0 Å². The first-order valence-electron chi connectivity index (χ1n) is 7.33. The van der Waals surface area contributed by atoms with E-state index < -0.39 is 0 Å². The SMILES string of the molecule is CCc1c(C)nc2ncnn2c1Sc1ccc(NC(C)=O)cc1. The van der Waals surface area contributed by atoms with Crippen molar-refractivity contribution in [2.45, 2.75) is 37.1 Å². The van der Waals surface area contributed by atoms with E-state index in [-0.39, 0.29) is 5.91 Å². The maximum atomic E-state index is 11.1. The number of benzene rings is 1. The summed E-state index contributed by atoms with van der Waals surface area (Å²) in [6.07, 6.45) is 2.39. The molecular weight excluding hydrogens is 310 g/mol. The van der Waals surface area contributed by atoms with E-state index in [9.17, 15) is 4.79 Å². The maximum absolute atomic E-state index is 11.1. The molecule has 0 aliphatic carbocycles. The summed E-state index contributed by atoms with van der Waals surface area (Å²) < 4.78 is 1.78. The minimum Gasteiger partial charge on any atom is -0.326 e. The van der Waals surface area contributed by atoms with Crippen LogP contribution in [0.25, 0.3) is 5.78 Å². The molecule has 0 fully saturated rings. The lowest BCUT2D eigenvalue weighted by Gasteiger charge is -2.12. The van der Waals surface area contributed by atoms with Gasteiger partial charge in [-0.1, -0.05) is 18.7 Å². The van der Waals surface area contributed by atoms with Crippen LogP contribution in [0.1, 0.15) is 25.1 Å². The molecule has 0 unspecified atom stereocenters. The second-order valence-corrected chi connectivity index (χ2v) is 6.18. The molecule has 0 spiro atoms. The van der Waals surface area contributed by atoms with Gasteiger partial charge in [0.05, 0.1) is 0 Å². The van der Waals surface area contributed by atoms with E-state index in [1.54, 1.807) is 16.3 Å². The van der Waals surface area contributed by atoms with Crippen molar-refractivity contribution in [3.8, 4) is 0 Å². The third-order valence-corrected chi connectivity index (χ3v) is 4.55. The van der Waals surface area contributed by atoms with Gasteiger partial charge < -0.3 is 5.32 Å². The molecule has 0 aliphatic rings. The van der Waals surface area contributed by atoms with E-state index in [0.717, 1.165) is 27.7 Å². The molecule has 0 bridgehead atoms. The molecule has 2 aromatic heterocycles. The van der Waals surface area contributed by atoms with E-state index in [2.05, 4.69) is 27.3 Å². The zero-order valence-corrected chi connectivity index (χ0v) is 14.0. The number of nitrogens with zero attached hydrogens (tertiary/aromatic N) is 4. The van der Waals surface area contributed by atoms with Crippen molar-refractivity contribution in [3.05, 3.63) is 41.9 Å². The number of nitrogens with one attached hydrogen (secondary N) is 1. The topological polar surface area (TPSA) is 72.2 Å². The van der Waals surface area contributed by atoms with Gasteiger partial charge in [-0.25, -0.2) is 4.98 Å². The van der Waals surface area contributed by atoms with Crippen LogP contribution in [0, 0.1) is 6.92 Å². The number of aromatic nitrogens is 4. The third kappa shape index (κ3) is 3.19. The van der Waals surface area contributed by atoms with E-state index in [0.29, 0.717) is 5.78 Å². The highest BCUT2D eigenvalue weighted by molar-refractivity contribution is 7.99. The van der Waals surface area contributed by atoms with Crippen molar-refractivity contribution in [2.75, 3.05) is 5.32 Å². The van der Waals surface area contributed by atoms with Crippen LogP contribution in [0.5, 0.6) is 0 Å². The van der Waals surface area contributed by atoms with E-state index in [1.165, 1.54) is 18.8 Å². The van der Waals surface area contributed by atoms with E-state index in [4.69, 9.17) is 0 Å². The Morgan fingerprint density at radius 3 is 2.70 bits per heavy atom. The van der Waals surface area contributed by atoms with Crippen LogP contribution < -0.4 is 5.32 Å². The molecule has 3 aromatic rings. The second-order valence-electron chi connectivity index (χ2n) is 5.11. The highest BCUT2D eigenvalue weighted by atomic mass is 32.2. The van der Waals surface area contributed by atoms with Crippen molar-refractivity contribution < 1.29 is 4.79 Å². The number of carbonyl (C=O) groups excluding carboxylic acids is 1. The standard InChI is InChI=1S/C16H17N5OS/c1-4-14-10(2)19-16-17-9-18-21(16)15(14)23-13-7-5-12(6-8-13)20-11(3)22/h5-9H,4H2,1-3H3,(H,20,22).